The van der Waals surface area contributed by atoms with Gasteiger partial charge in [-0.25, -0.2) is 0 Å². The highest BCUT2D eigenvalue weighted by Gasteiger charge is 2.61. The molecule has 4 fully saturated rings. The van der Waals surface area contributed by atoms with Crippen LogP contribution in [0.2, 0.25) is 0 Å². The minimum atomic E-state index is -0.158. The molecule has 4 unspecified atom stereocenters. The average molecular weight is 349 g/mol. The second-order valence-corrected chi connectivity index (χ2v) is 10.3. The van der Waals surface area contributed by atoms with E-state index in [1.807, 2.05) is 0 Å². The molecule has 142 valence electrons. The Morgan fingerprint density at radius 3 is 2.40 bits per heavy atom. The summed E-state index contributed by atoms with van der Waals surface area (Å²) < 4.78 is 5.54. The number of hydrogen-bond donors (Lipinski definition) is 1. The Bertz CT molecular complexity index is 545. The van der Waals surface area contributed by atoms with Crippen LogP contribution >= 0.6 is 0 Å². The molecule has 0 heterocycles. The van der Waals surface area contributed by atoms with E-state index < -0.39 is 0 Å². The van der Waals surface area contributed by atoms with Crippen LogP contribution in [0.5, 0.6) is 0 Å². The largest absolute Gasteiger partial charge is 0.463 e. The van der Waals surface area contributed by atoms with Crippen LogP contribution in [0, 0.1) is 40.4 Å². The molecular weight excluding hydrogens is 312 g/mol. The first-order valence-electron chi connectivity index (χ1n) is 10.6. The summed E-state index contributed by atoms with van der Waals surface area (Å²) in [6, 6.07) is 0. The van der Waals surface area contributed by atoms with E-state index in [4.69, 9.17) is 4.74 Å². The van der Waals surface area contributed by atoms with Crippen molar-refractivity contribution in [2.45, 2.75) is 91.3 Å². The van der Waals surface area contributed by atoms with Gasteiger partial charge in [0.1, 0.15) is 6.10 Å². The van der Waals surface area contributed by atoms with Gasteiger partial charge in [-0.2, -0.15) is 0 Å². The number of ether oxygens (including phenoxy) is 1. The summed E-state index contributed by atoms with van der Waals surface area (Å²) in [5, 5.41) is 11.2. The smallest absolute Gasteiger partial charge is 0.302 e. The zero-order valence-electron chi connectivity index (χ0n) is 16.5. The summed E-state index contributed by atoms with van der Waals surface area (Å²) in [7, 11) is 0. The third kappa shape index (κ3) is 2.59. The van der Waals surface area contributed by atoms with Crippen LogP contribution in [0.4, 0.5) is 0 Å². The van der Waals surface area contributed by atoms with Crippen molar-refractivity contribution in [3.8, 4) is 0 Å². The summed E-state index contributed by atoms with van der Waals surface area (Å²) in [6.07, 6.45) is 9.21. The van der Waals surface area contributed by atoms with E-state index in [9.17, 15) is 9.90 Å². The van der Waals surface area contributed by atoms with Crippen LogP contribution in [0.25, 0.3) is 0 Å². The van der Waals surface area contributed by atoms with Crippen molar-refractivity contribution in [3.63, 3.8) is 0 Å². The third-order valence-corrected chi connectivity index (χ3v) is 9.44. The van der Waals surface area contributed by atoms with Gasteiger partial charge in [0.15, 0.2) is 0 Å². The third-order valence-electron chi connectivity index (χ3n) is 9.44. The lowest BCUT2D eigenvalue weighted by Gasteiger charge is -2.62. The first kappa shape index (κ1) is 17.8. The second-order valence-electron chi connectivity index (χ2n) is 10.3. The molecule has 0 aliphatic heterocycles. The molecule has 0 bridgehead atoms. The molecule has 4 saturated carbocycles. The van der Waals surface area contributed by atoms with Gasteiger partial charge >= 0.3 is 5.97 Å². The van der Waals surface area contributed by atoms with Crippen LogP contribution in [-0.4, -0.2) is 23.3 Å². The van der Waals surface area contributed by atoms with Crippen molar-refractivity contribution in [3.05, 3.63) is 0 Å². The van der Waals surface area contributed by atoms with Gasteiger partial charge in [0.25, 0.3) is 0 Å². The molecule has 4 aliphatic carbocycles. The Morgan fingerprint density at radius 2 is 1.68 bits per heavy atom. The number of aliphatic hydroxyl groups excluding tert-OH is 1. The number of esters is 1. The van der Waals surface area contributed by atoms with E-state index in [0.717, 1.165) is 31.6 Å². The fraction of sp³-hybridized carbons (Fsp3) is 0.955. The van der Waals surface area contributed by atoms with Gasteiger partial charge in [-0.1, -0.05) is 20.8 Å². The number of aliphatic hydroxyl groups is 1. The highest BCUT2D eigenvalue weighted by molar-refractivity contribution is 5.66. The molecule has 0 aromatic rings. The molecule has 3 heteroatoms. The van der Waals surface area contributed by atoms with Crippen LogP contribution in [0.1, 0.15) is 79.1 Å². The highest BCUT2D eigenvalue weighted by atomic mass is 16.5. The first-order valence-corrected chi connectivity index (χ1v) is 10.6. The lowest BCUT2D eigenvalue weighted by atomic mass is 9.44. The summed E-state index contributed by atoms with van der Waals surface area (Å²) >= 11 is 0. The van der Waals surface area contributed by atoms with E-state index in [2.05, 4.69) is 20.8 Å². The molecule has 4 aliphatic rings. The number of carbonyl (C=O) groups is 1. The Balaban J connectivity index is 1.58. The van der Waals surface area contributed by atoms with Crippen LogP contribution < -0.4 is 0 Å². The molecule has 0 amide bonds. The number of rotatable bonds is 1. The monoisotopic (exact) mass is 348 g/mol. The summed E-state index contributed by atoms with van der Waals surface area (Å²) in [6.45, 7) is 8.95. The Labute approximate surface area is 152 Å². The summed E-state index contributed by atoms with van der Waals surface area (Å²) in [5.74, 6) is 3.01. The molecule has 0 radical (unpaired) electrons. The van der Waals surface area contributed by atoms with Gasteiger partial charge < -0.3 is 9.84 Å². The van der Waals surface area contributed by atoms with Crippen molar-refractivity contribution >= 4 is 5.97 Å². The van der Waals surface area contributed by atoms with Crippen molar-refractivity contribution in [1.29, 1.82) is 0 Å². The highest BCUT2D eigenvalue weighted by Crippen LogP contribution is 2.67. The Kier molecular flexibility index (Phi) is 4.26. The zero-order chi connectivity index (χ0) is 18.0. The summed E-state index contributed by atoms with van der Waals surface area (Å²) in [5.41, 5.74) is 0.772. The molecular formula is C22H36O3. The molecule has 25 heavy (non-hydrogen) atoms. The fourth-order valence-electron chi connectivity index (χ4n) is 7.79. The fourth-order valence-corrected chi connectivity index (χ4v) is 7.79. The molecule has 0 saturated heterocycles. The SMILES string of the molecule is CC(=O)O[C@H]1CC[C@@]2(C)C(C1)C[C@H](O)[C@@H]1C2CC[C@]2(C)C(C)CCC12. The minimum absolute atomic E-state index is 0.0692. The molecule has 4 rings (SSSR count). The van der Waals surface area contributed by atoms with Crippen LogP contribution in [-0.2, 0) is 9.53 Å². The first-order chi connectivity index (χ1) is 11.8. The van der Waals surface area contributed by atoms with E-state index in [0.29, 0.717) is 34.5 Å². The van der Waals surface area contributed by atoms with Crippen molar-refractivity contribution < 1.29 is 14.6 Å². The predicted molar refractivity (Wildman–Crippen MR) is 97.8 cm³/mol. The molecule has 1 N–H and O–H groups in total. The molecule has 3 nitrogen and oxygen atoms in total. The van der Waals surface area contributed by atoms with Crippen molar-refractivity contribution in [2.75, 3.05) is 0 Å². The standard InChI is InChI=1S/C22H36O3/c1-13-5-6-17-20-18(8-10-21(13,17)3)22(4)9-7-16(25-14(2)23)11-15(22)12-19(20)24/h13,15-20,24H,5-12H2,1-4H3/t13?,15?,16-,17?,18?,19-,20-,21+,22-/m0/s1. The normalized spacial score (nSPS) is 55.0. The number of fused-ring (bicyclic) bond motifs is 5. The topological polar surface area (TPSA) is 46.5 Å². The van der Waals surface area contributed by atoms with E-state index in [1.54, 1.807) is 0 Å². The maximum absolute atomic E-state index is 11.4. The predicted octanol–water partition coefficient (Wildman–Crippen LogP) is 4.57. The van der Waals surface area contributed by atoms with Crippen molar-refractivity contribution in [2.24, 2.45) is 40.4 Å². The van der Waals surface area contributed by atoms with Gasteiger partial charge in [0.05, 0.1) is 6.10 Å². The average Bonchev–Trinajstić information content (AvgIpc) is 2.84. The molecule has 0 aromatic heterocycles. The Hall–Kier alpha value is -0.570. The van der Waals surface area contributed by atoms with E-state index in [-0.39, 0.29) is 18.2 Å². The lowest BCUT2D eigenvalue weighted by Crippen LogP contribution is -2.58. The van der Waals surface area contributed by atoms with Gasteiger partial charge in [-0.15, -0.1) is 0 Å². The quantitative estimate of drug-likeness (QED) is 0.706. The van der Waals surface area contributed by atoms with Crippen molar-refractivity contribution in [1.82, 2.24) is 0 Å². The van der Waals surface area contributed by atoms with Gasteiger partial charge in [-0.05, 0) is 91.8 Å². The van der Waals surface area contributed by atoms with Gasteiger partial charge in [0.2, 0.25) is 0 Å². The maximum Gasteiger partial charge on any atom is 0.302 e. The zero-order valence-corrected chi connectivity index (χ0v) is 16.5. The molecule has 0 aromatic carbocycles. The van der Waals surface area contributed by atoms with Gasteiger partial charge in [0, 0.05) is 6.92 Å². The molecule has 9 atom stereocenters. The van der Waals surface area contributed by atoms with E-state index >= 15 is 0 Å². The van der Waals surface area contributed by atoms with Crippen LogP contribution in [0.3, 0.4) is 0 Å². The number of carbonyl (C=O) groups excluding carboxylic acids is 1. The molecule has 0 spiro atoms. The van der Waals surface area contributed by atoms with Crippen LogP contribution in [0.15, 0.2) is 0 Å². The second kappa shape index (κ2) is 5.97. The summed E-state index contributed by atoms with van der Waals surface area (Å²) in [4.78, 5) is 11.4. The van der Waals surface area contributed by atoms with E-state index in [1.165, 1.54) is 32.6 Å². The lowest BCUT2D eigenvalue weighted by molar-refractivity contribution is -0.180. The Morgan fingerprint density at radius 1 is 1.00 bits per heavy atom. The van der Waals surface area contributed by atoms with Gasteiger partial charge in [-0.3, -0.25) is 4.79 Å². The maximum atomic E-state index is 11.4. The number of hydrogen-bond acceptors (Lipinski definition) is 3. The minimum Gasteiger partial charge on any atom is -0.463 e.